The Bertz CT molecular complexity index is 1250. The predicted molar refractivity (Wildman–Crippen MR) is 135 cm³/mol. The number of benzene rings is 2. The first-order valence-corrected chi connectivity index (χ1v) is 13.1. The van der Waals surface area contributed by atoms with E-state index in [9.17, 15) is 13.2 Å². The van der Waals surface area contributed by atoms with Crippen molar-refractivity contribution in [1.29, 1.82) is 0 Å². The van der Waals surface area contributed by atoms with Gasteiger partial charge in [-0.1, -0.05) is 36.7 Å². The third-order valence-electron chi connectivity index (χ3n) is 5.60. The maximum atomic E-state index is 13.9. The molecule has 0 radical (unpaired) electrons. The number of sulfone groups is 1. The topological polar surface area (TPSA) is 90.9 Å². The van der Waals surface area contributed by atoms with Crippen molar-refractivity contribution in [1.82, 2.24) is 5.32 Å². The van der Waals surface area contributed by atoms with Crippen LogP contribution in [-0.2, 0) is 24.1 Å². The van der Waals surface area contributed by atoms with Gasteiger partial charge in [0.25, 0.3) is 0 Å². The van der Waals surface area contributed by atoms with Gasteiger partial charge in [0.1, 0.15) is 5.75 Å². The fraction of sp³-hybridized carbons (Fsp3) is 0.346. The Morgan fingerprint density at radius 3 is 2.34 bits per heavy atom. The summed E-state index contributed by atoms with van der Waals surface area (Å²) >= 11 is 6.49. The molecule has 2 unspecified atom stereocenters. The van der Waals surface area contributed by atoms with Crippen LogP contribution in [0.1, 0.15) is 45.6 Å². The van der Waals surface area contributed by atoms with Gasteiger partial charge in [0.2, 0.25) is 9.84 Å². The van der Waals surface area contributed by atoms with Crippen molar-refractivity contribution in [3.63, 3.8) is 0 Å². The molecule has 1 heterocycles. The monoisotopic (exact) mass is 519 g/mol. The van der Waals surface area contributed by atoms with Gasteiger partial charge in [-0.25, -0.2) is 13.2 Å². The fourth-order valence-corrected chi connectivity index (χ4v) is 6.05. The van der Waals surface area contributed by atoms with E-state index in [2.05, 4.69) is 5.32 Å². The largest absolute Gasteiger partial charge is 0.466 e. The number of hydrogen-bond donors (Lipinski definition) is 1. The zero-order valence-electron chi connectivity index (χ0n) is 20.4. The minimum Gasteiger partial charge on any atom is -0.466 e. The SMILES string of the molecule is CCCOC(C)Oc1ccc(S(=O)(=O)C2=C(C)NC(C)=C(C(=O)OC)C2c2ccccc2Cl)cc1. The number of allylic oxidation sites excluding steroid dienone is 3. The van der Waals surface area contributed by atoms with E-state index in [-0.39, 0.29) is 15.4 Å². The zero-order chi connectivity index (χ0) is 25.8. The van der Waals surface area contributed by atoms with E-state index in [1.54, 1.807) is 57.2 Å². The van der Waals surface area contributed by atoms with E-state index >= 15 is 0 Å². The third-order valence-corrected chi connectivity index (χ3v) is 7.96. The second kappa shape index (κ2) is 11.3. The number of ether oxygens (including phenoxy) is 3. The first-order valence-electron chi connectivity index (χ1n) is 11.3. The van der Waals surface area contributed by atoms with Gasteiger partial charge >= 0.3 is 5.97 Å². The van der Waals surface area contributed by atoms with Gasteiger partial charge in [-0.3, -0.25) is 0 Å². The number of carbonyl (C=O) groups is 1. The van der Waals surface area contributed by atoms with Crippen molar-refractivity contribution in [2.75, 3.05) is 13.7 Å². The molecule has 0 saturated carbocycles. The van der Waals surface area contributed by atoms with E-state index in [1.807, 2.05) is 6.92 Å². The summed E-state index contributed by atoms with van der Waals surface area (Å²) in [4.78, 5) is 12.9. The summed E-state index contributed by atoms with van der Waals surface area (Å²) in [5.41, 5.74) is 1.59. The van der Waals surface area contributed by atoms with Crippen LogP contribution in [0.5, 0.6) is 5.75 Å². The van der Waals surface area contributed by atoms with Crippen LogP contribution >= 0.6 is 11.6 Å². The van der Waals surface area contributed by atoms with Gasteiger partial charge in [0, 0.05) is 16.4 Å². The molecule has 0 amide bonds. The van der Waals surface area contributed by atoms with Gasteiger partial charge in [0.15, 0.2) is 6.29 Å². The lowest BCUT2D eigenvalue weighted by atomic mass is 9.86. The van der Waals surface area contributed by atoms with E-state index in [0.717, 1.165) is 6.42 Å². The summed E-state index contributed by atoms with van der Waals surface area (Å²) in [5.74, 6) is -1.10. The Kier molecular flexibility index (Phi) is 8.64. The second-order valence-corrected chi connectivity index (χ2v) is 10.5. The molecule has 1 N–H and O–H groups in total. The molecule has 7 nitrogen and oxygen atoms in total. The average Bonchev–Trinajstić information content (AvgIpc) is 2.82. The minimum absolute atomic E-state index is 0.0323. The highest BCUT2D eigenvalue weighted by atomic mass is 35.5. The van der Waals surface area contributed by atoms with Crippen LogP contribution in [0.3, 0.4) is 0 Å². The molecular formula is C26H30ClNO6S. The van der Waals surface area contributed by atoms with Crippen LogP contribution in [0, 0.1) is 0 Å². The van der Waals surface area contributed by atoms with Crippen molar-refractivity contribution in [3.05, 3.63) is 81.0 Å². The Hall–Kier alpha value is -2.81. The van der Waals surface area contributed by atoms with Gasteiger partial charge < -0.3 is 19.5 Å². The summed E-state index contributed by atoms with van der Waals surface area (Å²) in [6.07, 6.45) is 0.395. The summed E-state index contributed by atoms with van der Waals surface area (Å²) < 4.78 is 44.1. The molecule has 0 fully saturated rings. The molecule has 35 heavy (non-hydrogen) atoms. The Morgan fingerprint density at radius 1 is 1.09 bits per heavy atom. The maximum absolute atomic E-state index is 13.9. The highest BCUT2D eigenvalue weighted by Gasteiger charge is 2.41. The molecule has 0 bridgehead atoms. The van der Waals surface area contributed by atoms with Crippen LogP contribution in [0.25, 0.3) is 0 Å². The minimum atomic E-state index is -4.05. The zero-order valence-corrected chi connectivity index (χ0v) is 22.0. The molecule has 188 valence electrons. The highest BCUT2D eigenvalue weighted by Crippen LogP contribution is 2.45. The van der Waals surface area contributed by atoms with Gasteiger partial charge in [0.05, 0.1) is 35.0 Å². The quantitative estimate of drug-likeness (QED) is 0.353. The van der Waals surface area contributed by atoms with Crippen LogP contribution in [0.4, 0.5) is 0 Å². The van der Waals surface area contributed by atoms with Crippen molar-refractivity contribution >= 4 is 27.4 Å². The molecule has 2 atom stereocenters. The number of halogens is 1. The fourth-order valence-electron chi connectivity index (χ4n) is 4.05. The van der Waals surface area contributed by atoms with Crippen LogP contribution in [-0.4, -0.2) is 34.4 Å². The van der Waals surface area contributed by atoms with Gasteiger partial charge in [-0.2, -0.15) is 0 Å². The predicted octanol–water partition coefficient (Wildman–Crippen LogP) is 5.33. The first-order chi connectivity index (χ1) is 16.6. The van der Waals surface area contributed by atoms with Crippen molar-refractivity contribution in [2.45, 2.75) is 51.2 Å². The van der Waals surface area contributed by atoms with Crippen molar-refractivity contribution in [2.24, 2.45) is 0 Å². The molecule has 9 heteroatoms. The summed E-state index contributed by atoms with van der Waals surface area (Å²) in [6.45, 7) is 7.71. The lowest BCUT2D eigenvalue weighted by Gasteiger charge is -2.31. The average molecular weight is 520 g/mol. The van der Waals surface area contributed by atoms with Gasteiger partial charge in [-0.15, -0.1) is 0 Å². The number of dihydropyridines is 1. The summed E-state index contributed by atoms with van der Waals surface area (Å²) in [6, 6.07) is 13.0. The van der Waals surface area contributed by atoms with E-state index in [0.29, 0.717) is 34.3 Å². The third kappa shape index (κ3) is 5.72. The number of rotatable bonds is 9. The highest BCUT2D eigenvalue weighted by molar-refractivity contribution is 7.95. The molecule has 2 aromatic rings. The number of methoxy groups -OCH3 is 1. The standard InChI is InChI=1S/C26H30ClNO6S/c1-6-15-33-18(4)34-19-11-13-20(14-12-19)35(30,31)25-17(3)28-16(2)23(26(29)32-5)24(25)21-9-7-8-10-22(21)27/h7-14,18,24,28H,6,15H2,1-5H3. The molecule has 0 aromatic heterocycles. The van der Waals surface area contributed by atoms with E-state index in [1.165, 1.54) is 19.2 Å². The lowest BCUT2D eigenvalue weighted by molar-refractivity contribution is -0.136. The number of carbonyl (C=O) groups excluding carboxylic acids is 1. The summed E-state index contributed by atoms with van der Waals surface area (Å²) in [7, 11) is -2.79. The molecule has 2 aromatic carbocycles. The molecule has 1 aliphatic rings. The molecule has 0 spiro atoms. The Balaban J connectivity index is 2.07. The Morgan fingerprint density at radius 2 is 1.74 bits per heavy atom. The maximum Gasteiger partial charge on any atom is 0.336 e. The molecular weight excluding hydrogens is 490 g/mol. The van der Waals surface area contributed by atoms with Crippen LogP contribution < -0.4 is 10.1 Å². The van der Waals surface area contributed by atoms with E-state index in [4.69, 9.17) is 25.8 Å². The molecule has 1 aliphatic heterocycles. The lowest BCUT2D eigenvalue weighted by Crippen LogP contribution is -2.31. The smallest absolute Gasteiger partial charge is 0.336 e. The normalized spacial score (nSPS) is 17.1. The van der Waals surface area contributed by atoms with Gasteiger partial charge in [-0.05, 0) is 63.1 Å². The van der Waals surface area contributed by atoms with Crippen LogP contribution in [0.2, 0.25) is 5.02 Å². The molecule has 3 rings (SSSR count). The molecule has 0 saturated heterocycles. The number of esters is 1. The van der Waals surface area contributed by atoms with Crippen molar-refractivity contribution in [3.8, 4) is 5.75 Å². The molecule has 0 aliphatic carbocycles. The number of nitrogens with one attached hydrogen (secondary N) is 1. The number of hydrogen-bond acceptors (Lipinski definition) is 7. The first kappa shape index (κ1) is 26.8. The van der Waals surface area contributed by atoms with E-state index < -0.39 is 28.0 Å². The summed E-state index contributed by atoms with van der Waals surface area (Å²) in [5, 5.41) is 3.39. The Labute approximate surface area is 211 Å². The van der Waals surface area contributed by atoms with Crippen LogP contribution in [0.15, 0.2) is 75.3 Å². The van der Waals surface area contributed by atoms with Crippen molar-refractivity contribution < 1.29 is 27.4 Å². The second-order valence-electron chi connectivity index (χ2n) is 8.13.